The second-order valence-electron chi connectivity index (χ2n) is 4.80. The maximum atomic E-state index is 11.6. The molecule has 0 saturated carbocycles. The van der Waals surface area contributed by atoms with Crippen molar-refractivity contribution >= 4 is 6.09 Å². The van der Waals surface area contributed by atoms with Crippen LogP contribution in [-0.4, -0.2) is 36.8 Å². The van der Waals surface area contributed by atoms with Crippen molar-refractivity contribution in [2.45, 2.75) is 38.5 Å². The van der Waals surface area contributed by atoms with E-state index in [2.05, 4.69) is 6.92 Å². The number of ether oxygens (including phenoxy) is 2. The zero-order chi connectivity index (χ0) is 13.7. The van der Waals surface area contributed by atoms with Gasteiger partial charge in [-0.05, 0) is 12.0 Å². The second kappa shape index (κ2) is 6.57. The summed E-state index contributed by atoms with van der Waals surface area (Å²) in [5.74, 6) is 0. The number of carbonyl (C=O) groups excluding carboxylic acids is 1. The van der Waals surface area contributed by atoms with E-state index >= 15 is 0 Å². The molecule has 1 amide bonds. The summed E-state index contributed by atoms with van der Waals surface area (Å²) in [7, 11) is 1.42. The molecule has 1 aliphatic heterocycles. The van der Waals surface area contributed by atoms with Crippen LogP contribution in [0.4, 0.5) is 4.79 Å². The van der Waals surface area contributed by atoms with Gasteiger partial charge in [0.1, 0.15) is 0 Å². The van der Waals surface area contributed by atoms with Gasteiger partial charge in [-0.1, -0.05) is 43.7 Å². The first-order valence-corrected chi connectivity index (χ1v) is 6.76. The molecule has 0 aliphatic carbocycles. The van der Waals surface area contributed by atoms with Crippen LogP contribution in [0.1, 0.15) is 25.3 Å². The molecule has 1 aliphatic rings. The molecular weight excluding hydrogens is 242 g/mol. The summed E-state index contributed by atoms with van der Waals surface area (Å²) in [4.78, 5) is 13.3. The molecular formula is C15H21NO3. The molecule has 0 aromatic heterocycles. The maximum absolute atomic E-state index is 11.6. The molecule has 0 radical (unpaired) electrons. The number of rotatable bonds is 6. The van der Waals surface area contributed by atoms with Gasteiger partial charge < -0.3 is 9.47 Å². The fourth-order valence-electron chi connectivity index (χ4n) is 2.40. The zero-order valence-corrected chi connectivity index (χ0v) is 11.5. The van der Waals surface area contributed by atoms with Crippen LogP contribution in [0.15, 0.2) is 30.3 Å². The van der Waals surface area contributed by atoms with E-state index in [0.29, 0.717) is 13.2 Å². The molecule has 0 unspecified atom stereocenters. The second-order valence-corrected chi connectivity index (χ2v) is 4.80. The summed E-state index contributed by atoms with van der Waals surface area (Å²) in [6.07, 6.45) is 1.83. The third kappa shape index (κ3) is 3.47. The molecule has 4 heteroatoms. The number of amides is 1. The number of methoxy groups -OCH3 is 1. The van der Waals surface area contributed by atoms with E-state index in [-0.39, 0.29) is 18.2 Å². The fourth-order valence-corrected chi connectivity index (χ4v) is 2.40. The van der Waals surface area contributed by atoms with Crippen LogP contribution in [0.3, 0.4) is 0 Å². The largest absolute Gasteiger partial charge is 0.453 e. The summed E-state index contributed by atoms with van der Waals surface area (Å²) in [6.45, 7) is 3.29. The standard InChI is InChI=1S/C15H21NO3/c1-3-7-13-14(16(13)15(17)18-2)11-19-10-12-8-5-4-6-9-12/h4-6,8-9,13-14H,3,7,10-11H2,1-2H3/t13-,14-,16?/m1/s1. The normalized spacial score (nSPS) is 21.3. The molecule has 19 heavy (non-hydrogen) atoms. The summed E-state index contributed by atoms with van der Waals surface area (Å²) >= 11 is 0. The Balaban J connectivity index is 1.77. The van der Waals surface area contributed by atoms with Gasteiger partial charge >= 0.3 is 6.09 Å². The zero-order valence-electron chi connectivity index (χ0n) is 11.5. The maximum Gasteiger partial charge on any atom is 0.410 e. The summed E-state index contributed by atoms with van der Waals surface area (Å²) in [6, 6.07) is 10.5. The Morgan fingerprint density at radius 2 is 2.00 bits per heavy atom. The smallest absolute Gasteiger partial charge is 0.410 e. The van der Waals surface area contributed by atoms with Gasteiger partial charge in [0.15, 0.2) is 0 Å². The van der Waals surface area contributed by atoms with Crippen molar-refractivity contribution in [2.24, 2.45) is 0 Å². The monoisotopic (exact) mass is 263 g/mol. The van der Waals surface area contributed by atoms with Crippen molar-refractivity contribution in [3.05, 3.63) is 35.9 Å². The highest BCUT2D eigenvalue weighted by molar-refractivity contribution is 5.71. The van der Waals surface area contributed by atoms with Crippen LogP contribution < -0.4 is 0 Å². The lowest BCUT2D eigenvalue weighted by molar-refractivity contribution is 0.107. The van der Waals surface area contributed by atoms with E-state index in [9.17, 15) is 4.79 Å². The first kappa shape index (κ1) is 13.9. The Labute approximate surface area is 114 Å². The first-order valence-electron chi connectivity index (χ1n) is 6.76. The highest BCUT2D eigenvalue weighted by Crippen LogP contribution is 2.33. The molecule has 2 atom stereocenters. The lowest BCUT2D eigenvalue weighted by Crippen LogP contribution is -2.16. The van der Waals surface area contributed by atoms with Crippen molar-refractivity contribution in [3.63, 3.8) is 0 Å². The Bertz CT molecular complexity index is 407. The number of benzene rings is 1. The van der Waals surface area contributed by atoms with E-state index < -0.39 is 0 Å². The summed E-state index contributed by atoms with van der Waals surface area (Å²) in [5, 5.41) is 0. The lowest BCUT2D eigenvalue weighted by atomic mass is 10.2. The van der Waals surface area contributed by atoms with Gasteiger partial charge in [0.2, 0.25) is 0 Å². The molecule has 0 bridgehead atoms. The van der Waals surface area contributed by atoms with Gasteiger partial charge in [-0.2, -0.15) is 0 Å². The van der Waals surface area contributed by atoms with Crippen molar-refractivity contribution in [1.82, 2.24) is 4.90 Å². The van der Waals surface area contributed by atoms with Crippen LogP contribution in [0.25, 0.3) is 0 Å². The highest BCUT2D eigenvalue weighted by atomic mass is 16.5. The van der Waals surface area contributed by atoms with E-state index in [0.717, 1.165) is 18.4 Å². The quantitative estimate of drug-likeness (QED) is 0.741. The minimum atomic E-state index is -0.244. The molecule has 1 fully saturated rings. The van der Waals surface area contributed by atoms with Crippen molar-refractivity contribution < 1.29 is 14.3 Å². The van der Waals surface area contributed by atoms with Crippen LogP contribution in [0.2, 0.25) is 0 Å². The van der Waals surface area contributed by atoms with Crippen molar-refractivity contribution in [1.29, 1.82) is 0 Å². The molecule has 1 aromatic carbocycles. The predicted octanol–water partition coefficient (Wildman–Crippen LogP) is 2.82. The van der Waals surface area contributed by atoms with Gasteiger partial charge in [0.25, 0.3) is 0 Å². The first-order chi connectivity index (χ1) is 9.27. The molecule has 104 valence electrons. The Hall–Kier alpha value is -1.55. The minimum Gasteiger partial charge on any atom is -0.453 e. The van der Waals surface area contributed by atoms with Gasteiger partial charge in [-0.3, -0.25) is 4.90 Å². The average Bonchev–Trinajstić information content (AvgIpc) is 3.12. The van der Waals surface area contributed by atoms with E-state index in [1.54, 1.807) is 4.90 Å². The third-order valence-electron chi connectivity index (χ3n) is 3.44. The topological polar surface area (TPSA) is 38.5 Å². The van der Waals surface area contributed by atoms with Gasteiger partial charge in [0, 0.05) is 0 Å². The van der Waals surface area contributed by atoms with Crippen molar-refractivity contribution in [3.8, 4) is 0 Å². The number of nitrogens with zero attached hydrogens (tertiary/aromatic N) is 1. The fraction of sp³-hybridized carbons (Fsp3) is 0.533. The molecule has 2 rings (SSSR count). The van der Waals surface area contributed by atoms with Crippen LogP contribution in [0.5, 0.6) is 0 Å². The number of hydrogen-bond acceptors (Lipinski definition) is 3. The average molecular weight is 263 g/mol. The van der Waals surface area contributed by atoms with E-state index in [1.807, 2.05) is 30.3 Å². The van der Waals surface area contributed by atoms with Gasteiger partial charge in [0.05, 0.1) is 32.4 Å². The van der Waals surface area contributed by atoms with E-state index in [1.165, 1.54) is 7.11 Å². The minimum absolute atomic E-state index is 0.177. The molecule has 1 saturated heterocycles. The summed E-state index contributed by atoms with van der Waals surface area (Å²) in [5.41, 5.74) is 1.15. The molecule has 0 N–H and O–H groups in total. The Morgan fingerprint density at radius 1 is 1.26 bits per heavy atom. The van der Waals surface area contributed by atoms with Crippen molar-refractivity contribution in [2.75, 3.05) is 13.7 Å². The van der Waals surface area contributed by atoms with Crippen LogP contribution in [-0.2, 0) is 16.1 Å². The Kier molecular flexibility index (Phi) is 4.80. The molecule has 1 aromatic rings. The predicted molar refractivity (Wildman–Crippen MR) is 72.8 cm³/mol. The summed E-state index contributed by atoms with van der Waals surface area (Å²) < 4.78 is 10.5. The molecule has 0 spiro atoms. The number of hydrogen-bond donors (Lipinski definition) is 0. The SMILES string of the molecule is CCC[C@@H]1[C@@H](COCc2ccccc2)N1C(=O)OC. The molecule has 4 nitrogen and oxygen atoms in total. The molecule has 1 heterocycles. The highest BCUT2D eigenvalue weighted by Gasteiger charge is 2.50. The van der Waals surface area contributed by atoms with Gasteiger partial charge in [-0.25, -0.2) is 4.79 Å². The Morgan fingerprint density at radius 3 is 2.63 bits per heavy atom. The van der Waals surface area contributed by atoms with E-state index in [4.69, 9.17) is 9.47 Å². The van der Waals surface area contributed by atoms with Crippen LogP contribution in [0, 0.1) is 0 Å². The van der Waals surface area contributed by atoms with Gasteiger partial charge in [-0.15, -0.1) is 0 Å². The third-order valence-corrected chi connectivity index (χ3v) is 3.44. The lowest BCUT2D eigenvalue weighted by Gasteiger charge is -2.04. The van der Waals surface area contributed by atoms with Crippen LogP contribution >= 0.6 is 0 Å². The number of carbonyl (C=O) groups is 1.